The van der Waals surface area contributed by atoms with Crippen LogP contribution in [0.5, 0.6) is 0 Å². The summed E-state index contributed by atoms with van der Waals surface area (Å²) in [5.74, 6) is -0.126. The van der Waals surface area contributed by atoms with E-state index in [1.54, 1.807) is 12.3 Å². The molecule has 17 heavy (non-hydrogen) atoms. The summed E-state index contributed by atoms with van der Waals surface area (Å²) in [5.41, 5.74) is 1.68. The lowest BCUT2D eigenvalue weighted by molar-refractivity contribution is -0.141. The molecule has 92 valence electrons. The lowest BCUT2D eigenvalue weighted by Crippen LogP contribution is -2.28. The second kappa shape index (κ2) is 4.02. The van der Waals surface area contributed by atoms with Gasteiger partial charge in [-0.2, -0.15) is 0 Å². The zero-order valence-corrected chi connectivity index (χ0v) is 10.4. The monoisotopic (exact) mass is 235 g/mol. The van der Waals surface area contributed by atoms with E-state index < -0.39 is 0 Å². The van der Waals surface area contributed by atoms with Crippen molar-refractivity contribution in [1.29, 1.82) is 0 Å². The van der Waals surface area contributed by atoms with Crippen LogP contribution in [0, 0.1) is 5.41 Å². The number of Topliss-reactive ketones (excluding diaryl/α,β-unsaturated/α-hetero) is 1. The summed E-state index contributed by atoms with van der Waals surface area (Å²) in [5, 5.41) is 0. The van der Waals surface area contributed by atoms with E-state index in [1.165, 1.54) is 7.11 Å². The first-order chi connectivity index (χ1) is 7.93. The SMILES string of the molecule is COC(=O)Cn1ccc2c1CC(C)(C)CC2=O. The van der Waals surface area contributed by atoms with Crippen LogP contribution in [0.25, 0.3) is 0 Å². The zero-order valence-electron chi connectivity index (χ0n) is 10.4. The van der Waals surface area contributed by atoms with Crippen molar-refractivity contribution in [2.45, 2.75) is 33.2 Å². The van der Waals surface area contributed by atoms with Gasteiger partial charge in [-0.25, -0.2) is 0 Å². The maximum atomic E-state index is 11.9. The molecule has 1 heterocycles. The molecule has 1 aromatic heterocycles. The number of methoxy groups -OCH3 is 1. The van der Waals surface area contributed by atoms with Crippen molar-refractivity contribution < 1.29 is 14.3 Å². The molecule has 2 rings (SSSR count). The Morgan fingerprint density at radius 3 is 2.82 bits per heavy atom. The molecule has 0 bridgehead atoms. The third kappa shape index (κ3) is 2.25. The normalized spacial score (nSPS) is 17.7. The van der Waals surface area contributed by atoms with E-state index in [-0.39, 0.29) is 23.7 Å². The van der Waals surface area contributed by atoms with E-state index in [1.807, 2.05) is 4.57 Å². The third-order valence-corrected chi connectivity index (χ3v) is 3.19. The summed E-state index contributed by atoms with van der Waals surface area (Å²) in [6.07, 6.45) is 3.18. The molecule has 0 saturated heterocycles. The van der Waals surface area contributed by atoms with Crippen molar-refractivity contribution in [2.75, 3.05) is 7.11 Å². The Morgan fingerprint density at radius 1 is 1.47 bits per heavy atom. The minimum atomic E-state index is -0.292. The molecule has 0 fully saturated rings. The molecule has 1 aliphatic carbocycles. The fraction of sp³-hybridized carbons (Fsp3) is 0.538. The Kier molecular flexibility index (Phi) is 2.81. The fourth-order valence-corrected chi connectivity index (χ4v) is 2.35. The molecule has 1 aromatic rings. The molecule has 0 aliphatic heterocycles. The van der Waals surface area contributed by atoms with E-state index in [0.717, 1.165) is 17.7 Å². The van der Waals surface area contributed by atoms with Gasteiger partial charge in [0.25, 0.3) is 0 Å². The van der Waals surface area contributed by atoms with E-state index in [9.17, 15) is 9.59 Å². The summed E-state index contributed by atoms with van der Waals surface area (Å²) in [6.45, 7) is 4.32. The van der Waals surface area contributed by atoms with Gasteiger partial charge < -0.3 is 9.30 Å². The van der Waals surface area contributed by atoms with Gasteiger partial charge in [0.15, 0.2) is 5.78 Å². The maximum absolute atomic E-state index is 11.9. The van der Waals surface area contributed by atoms with Crippen LogP contribution >= 0.6 is 0 Å². The van der Waals surface area contributed by atoms with Crippen molar-refractivity contribution in [3.63, 3.8) is 0 Å². The highest BCUT2D eigenvalue weighted by atomic mass is 16.5. The molecule has 0 N–H and O–H groups in total. The lowest BCUT2D eigenvalue weighted by atomic mass is 9.76. The molecule has 0 atom stereocenters. The minimum absolute atomic E-state index is 0.0314. The maximum Gasteiger partial charge on any atom is 0.325 e. The van der Waals surface area contributed by atoms with Gasteiger partial charge in [0.05, 0.1) is 7.11 Å². The van der Waals surface area contributed by atoms with Crippen LogP contribution in [0.2, 0.25) is 0 Å². The number of aromatic nitrogens is 1. The minimum Gasteiger partial charge on any atom is -0.468 e. The van der Waals surface area contributed by atoms with Gasteiger partial charge in [0, 0.05) is 23.9 Å². The van der Waals surface area contributed by atoms with Crippen molar-refractivity contribution in [3.05, 3.63) is 23.5 Å². The first-order valence-electron chi connectivity index (χ1n) is 5.71. The third-order valence-electron chi connectivity index (χ3n) is 3.19. The molecule has 0 saturated carbocycles. The number of esters is 1. The van der Waals surface area contributed by atoms with Gasteiger partial charge >= 0.3 is 5.97 Å². The summed E-state index contributed by atoms with van der Waals surface area (Å²) in [4.78, 5) is 23.2. The summed E-state index contributed by atoms with van der Waals surface area (Å²) >= 11 is 0. The van der Waals surface area contributed by atoms with Crippen LogP contribution in [0.15, 0.2) is 12.3 Å². The van der Waals surface area contributed by atoms with E-state index >= 15 is 0 Å². The van der Waals surface area contributed by atoms with Crippen molar-refractivity contribution in [1.82, 2.24) is 4.57 Å². The van der Waals surface area contributed by atoms with Gasteiger partial charge in [-0.3, -0.25) is 9.59 Å². The molecule has 0 unspecified atom stereocenters. The average Bonchev–Trinajstić information content (AvgIpc) is 2.60. The Labute approximate surface area is 101 Å². The Morgan fingerprint density at radius 2 is 2.18 bits per heavy atom. The number of carbonyl (C=O) groups is 2. The topological polar surface area (TPSA) is 48.3 Å². The van der Waals surface area contributed by atoms with E-state index in [4.69, 9.17) is 0 Å². The summed E-state index contributed by atoms with van der Waals surface area (Å²) in [7, 11) is 1.37. The van der Waals surface area contributed by atoms with Crippen molar-refractivity contribution in [3.8, 4) is 0 Å². The average molecular weight is 235 g/mol. The number of hydrogen-bond acceptors (Lipinski definition) is 3. The van der Waals surface area contributed by atoms with Crippen molar-refractivity contribution in [2.24, 2.45) is 5.41 Å². The van der Waals surface area contributed by atoms with Gasteiger partial charge in [-0.15, -0.1) is 0 Å². The fourth-order valence-electron chi connectivity index (χ4n) is 2.35. The van der Waals surface area contributed by atoms with Crippen LogP contribution < -0.4 is 0 Å². The van der Waals surface area contributed by atoms with Crippen LogP contribution in [0.1, 0.15) is 36.3 Å². The zero-order chi connectivity index (χ0) is 12.6. The summed E-state index contributed by atoms with van der Waals surface area (Å²) < 4.78 is 6.47. The van der Waals surface area contributed by atoms with Crippen LogP contribution in [-0.4, -0.2) is 23.4 Å². The van der Waals surface area contributed by atoms with Gasteiger partial charge in [-0.1, -0.05) is 13.8 Å². The van der Waals surface area contributed by atoms with Gasteiger partial charge in [0.2, 0.25) is 0 Å². The smallest absolute Gasteiger partial charge is 0.325 e. The Balaban J connectivity index is 2.34. The molecule has 4 nitrogen and oxygen atoms in total. The second-order valence-corrected chi connectivity index (χ2v) is 5.32. The Bertz CT molecular complexity index is 471. The number of carbonyl (C=O) groups excluding carboxylic acids is 2. The lowest BCUT2D eigenvalue weighted by Gasteiger charge is -2.29. The molecule has 1 aliphatic rings. The van der Waals surface area contributed by atoms with E-state index in [0.29, 0.717) is 6.42 Å². The highest BCUT2D eigenvalue weighted by Gasteiger charge is 2.33. The highest BCUT2D eigenvalue weighted by molar-refractivity contribution is 5.98. The molecule has 4 heteroatoms. The van der Waals surface area contributed by atoms with Crippen LogP contribution in [0.4, 0.5) is 0 Å². The van der Waals surface area contributed by atoms with Gasteiger partial charge in [0.1, 0.15) is 6.54 Å². The first-order valence-corrected chi connectivity index (χ1v) is 5.71. The molecular formula is C13H17NO3. The molecule has 0 amide bonds. The van der Waals surface area contributed by atoms with Gasteiger partial charge in [-0.05, 0) is 17.9 Å². The molecule has 0 aromatic carbocycles. The molecule has 0 spiro atoms. The number of fused-ring (bicyclic) bond motifs is 1. The molecular weight excluding hydrogens is 218 g/mol. The predicted molar refractivity (Wildman–Crippen MR) is 62.9 cm³/mol. The summed E-state index contributed by atoms with van der Waals surface area (Å²) in [6, 6.07) is 1.80. The first kappa shape index (κ1) is 11.9. The quantitative estimate of drug-likeness (QED) is 0.734. The number of nitrogens with zero attached hydrogens (tertiary/aromatic N) is 1. The number of ketones is 1. The highest BCUT2D eigenvalue weighted by Crippen LogP contribution is 2.35. The van der Waals surface area contributed by atoms with Crippen molar-refractivity contribution >= 4 is 11.8 Å². The second-order valence-electron chi connectivity index (χ2n) is 5.32. The van der Waals surface area contributed by atoms with Crippen LogP contribution in [-0.2, 0) is 22.5 Å². The van der Waals surface area contributed by atoms with Crippen LogP contribution in [0.3, 0.4) is 0 Å². The van der Waals surface area contributed by atoms with E-state index in [2.05, 4.69) is 18.6 Å². The number of rotatable bonds is 2. The number of hydrogen-bond donors (Lipinski definition) is 0. The largest absolute Gasteiger partial charge is 0.468 e. The standard InChI is InChI=1S/C13H17NO3/c1-13(2)6-10-9(11(15)7-13)4-5-14(10)8-12(16)17-3/h4-5H,6-8H2,1-3H3. The Hall–Kier alpha value is -1.58. The number of ether oxygens (including phenoxy) is 1. The predicted octanol–water partition coefficient (Wildman–Crippen LogP) is 1.82. The molecule has 0 radical (unpaired) electrons.